The summed E-state index contributed by atoms with van der Waals surface area (Å²) in [6, 6.07) is 13.0. The summed E-state index contributed by atoms with van der Waals surface area (Å²) in [4.78, 5) is 21.9. The molecule has 0 atom stereocenters. The number of ether oxygens (including phenoxy) is 3. The molecular weight excluding hydrogens is 358 g/mol. The van der Waals surface area contributed by atoms with Crippen LogP contribution in [-0.4, -0.2) is 41.4 Å². The predicted octanol–water partition coefficient (Wildman–Crippen LogP) is 2.94. The minimum absolute atomic E-state index is 0.0946. The maximum atomic E-state index is 12.2. The van der Waals surface area contributed by atoms with Crippen LogP contribution in [0.4, 0.5) is 0 Å². The summed E-state index contributed by atoms with van der Waals surface area (Å²) in [7, 11) is 0. The third-order valence-corrected chi connectivity index (χ3v) is 4.71. The smallest absolute Gasteiger partial charge is 0.258 e. The highest BCUT2D eigenvalue weighted by Crippen LogP contribution is 2.35. The number of hydrogen-bond acceptors (Lipinski definition) is 6. The van der Waals surface area contributed by atoms with Gasteiger partial charge in [0.05, 0.1) is 24.1 Å². The number of benzene rings is 2. The molecule has 0 spiro atoms. The number of H-pyrrole nitrogens is 1. The Bertz CT molecular complexity index is 1020. The molecular formula is C21H23N3O4. The SMILES string of the molecule is CCN(CCCOc1ccc2c(c1)OCO2)Cc1nc2ccccc2c(=O)[nH]1. The maximum absolute atomic E-state index is 12.2. The van der Waals surface area contributed by atoms with Gasteiger partial charge in [-0.1, -0.05) is 19.1 Å². The molecule has 2 heterocycles. The van der Waals surface area contributed by atoms with Crippen molar-refractivity contribution in [2.24, 2.45) is 0 Å². The van der Waals surface area contributed by atoms with Gasteiger partial charge in [-0.3, -0.25) is 9.69 Å². The molecule has 3 aromatic rings. The van der Waals surface area contributed by atoms with Crippen molar-refractivity contribution in [3.05, 3.63) is 58.6 Å². The Labute approximate surface area is 162 Å². The van der Waals surface area contributed by atoms with Crippen molar-refractivity contribution in [1.29, 1.82) is 0 Å². The van der Waals surface area contributed by atoms with E-state index in [1.54, 1.807) is 6.07 Å². The average Bonchev–Trinajstić information content (AvgIpc) is 3.18. The molecule has 0 saturated carbocycles. The Morgan fingerprint density at radius 1 is 1.18 bits per heavy atom. The van der Waals surface area contributed by atoms with Crippen molar-refractivity contribution in [2.75, 3.05) is 26.5 Å². The topological polar surface area (TPSA) is 76.7 Å². The van der Waals surface area contributed by atoms with Gasteiger partial charge in [0.1, 0.15) is 11.6 Å². The summed E-state index contributed by atoms with van der Waals surface area (Å²) in [6.45, 7) is 5.25. The van der Waals surface area contributed by atoms with Crippen LogP contribution in [0, 0.1) is 0 Å². The molecule has 146 valence electrons. The van der Waals surface area contributed by atoms with E-state index in [9.17, 15) is 4.79 Å². The average molecular weight is 381 g/mol. The number of fused-ring (bicyclic) bond motifs is 2. The predicted molar refractivity (Wildman–Crippen MR) is 106 cm³/mol. The zero-order valence-corrected chi connectivity index (χ0v) is 15.8. The van der Waals surface area contributed by atoms with Gasteiger partial charge < -0.3 is 19.2 Å². The molecule has 1 aromatic heterocycles. The van der Waals surface area contributed by atoms with E-state index in [2.05, 4.69) is 21.8 Å². The Balaban J connectivity index is 1.31. The lowest BCUT2D eigenvalue weighted by atomic mass is 10.2. The molecule has 4 rings (SSSR count). The van der Waals surface area contributed by atoms with Crippen LogP contribution in [0.2, 0.25) is 0 Å². The Hall–Kier alpha value is -3.06. The Kier molecular flexibility index (Phi) is 5.43. The summed E-state index contributed by atoms with van der Waals surface area (Å²) in [5.41, 5.74) is 0.631. The third kappa shape index (κ3) is 4.09. The quantitative estimate of drug-likeness (QED) is 0.605. The zero-order valence-electron chi connectivity index (χ0n) is 15.8. The highest BCUT2D eigenvalue weighted by Gasteiger charge is 2.14. The van der Waals surface area contributed by atoms with Crippen molar-refractivity contribution in [1.82, 2.24) is 14.9 Å². The first-order chi connectivity index (χ1) is 13.7. The van der Waals surface area contributed by atoms with Crippen LogP contribution in [0.5, 0.6) is 17.2 Å². The van der Waals surface area contributed by atoms with Crippen molar-refractivity contribution in [2.45, 2.75) is 19.9 Å². The first kappa shape index (κ1) is 18.3. The van der Waals surface area contributed by atoms with Gasteiger partial charge in [-0.25, -0.2) is 4.98 Å². The van der Waals surface area contributed by atoms with Crippen molar-refractivity contribution >= 4 is 10.9 Å². The molecule has 0 bridgehead atoms. The van der Waals surface area contributed by atoms with Gasteiger partial charge in [0.2, 0.25) is 6.79 Å². The van der Waals surface area contributed by atoms with Gasteiger partial charge in [0, 0.05) is 12.6 Å². The Morgan fingerprint density at radius 2 is 2.04 bits per heavy atom. The standard InChI is InChI=1S/C21H23N3O4/c1-2-24(13-20-22-17-7-4-3-6-16(17)21(25)23-20)10-5-11-26-15-8-9-18-19(12-15)28-14-27-18/h3-4,6-9,12H,2,5,10-11,13-14H2,1H3,(H,22,23,25). The molecule has 1 aliphatic rings. The van der Waals surface area contributed by atoms with Gasteiger partial charge in [0.25, 0.3) is 5.56 Å². The van der Waals surface area contributed by atoms with E-state index < -0.39 is 0 Å². The van der Waals surface area contributed by atoms with Crippen molar-refractivity contribution < 1.29 is 14.2 Å². The van der Waals surface area contributed by atoms with Gasteiger partial charge >= 0.3 is 0 Å². The number of nitrogens with zero attached hydrogens (tertiary/aromatic N) is 2. The fourth-order valence-corrected chi connectivity index (χ4v) is 3.22. The Morgan fingerprint density at radius 3 is 2.93 bits per heavy atom. The summed E-state index contributed by atoms with van der Waals surface area (Å²) in [5.74, 6) is 2.93. The molecule has 0 aliphatic carbocycles. The number of nitrogens with one attached hydrogen (secondary N) is 1. The van der Waals surface area contributed by atoms with Gasteiger partial charge in [-0.2, -0.15) is 0 Å². The zero-order chi connectivity index (χ0) is 19.3. The molecule has 28 heavy (non-hydrogen) atoms. The molecule has 1 aliphatic heterocycles. The van der Waals surface area contributed by atoms with E-state index in [1.807, 2.05) is 36.4 Å². The highest BCUT2D eigenvalue weighted by molar-refractivity contribution is 5.77. The van der Waals surface area contributed by atoms with Crippen LogP contribution in [0.1, 0.15) is 19.2 Å². The molecule has 0 radical (unpaired) electrons. The number of aromatic amines is 1. The summed E-state index contributed by atoms with van der Waals surface area (Å²) in [5, 5.41) is 0.617. The normalized spacial score (nSPS) is 12.6. The second kappa shape index (κ2) is 8.31. The van der Waals surface area contributed by atoms with Crippen molar-refractivity contribution in [3.63, 3.8) is 0 Å². The highest BCUT2D eigenvalue weighted by atomic mass is 16.7. The van der Waals surface area contributed by atoms with Gasteiger partial charge in [-0.05, 0) is 37.2 Å². The largest absolute Gasteiger partial charge is 0.493 e. The lowest BCUT2D eigenvalue weighted by molar-refractivity contribution is 0.173. The fourth-order valence-electron chi connectivity index (χ4n) is 3.22. The summed E-state index contributed by atoms with van der Waals surface area (Å²) >= 11 is 0. The van der Waals surface area contributed by atoms with Gasteiger partial charge in [0.15, 0.2) is 11.5 Å². The fraction of sp³-hybridized carbons (Fsp3) is 0.333. The molecule has 1 N–H and O–H groups in total. The van der Waals surface area contributed by atoms with Crippen molar-refractivity contribution in [3.8, 4) is 17.2 Å². The monoisotopic (exact) mass is 381 g/mol. The molecule has 0 fully saturated rings. The second-order valence-electron chi connectivity index (χ2n) is 6.62. The molecule has 0 amide bonds. The van der Waals surface area contributed by atoms with E-state index in [1.165, 1.54) is 0 Å². The van der Waals surface area contributed by atoms with E-state index in [4.69, 9.17) is 14.2 Å². The lowest BCUT2D eigenvalue weighted by Crippen LogP contribution is -2.27. The molecule has 7 nitrogen and oxygen atoms in total. The second-order valence-corrected chi connectivity index (χ2v) is 6.62. The minimum atomic E-state index is -0.0946. The van der Waals surface area contributed by atoms with Crippen LogP contribution in [-0.2, 0) is 6.54 Å². The number of aromatic nitrogens is 2. The summed E-state index contributed by atoms with van der Waals surface area (Å²) in [6.07, 6.45) is 0.861. The molecule has 0 unspecified atom stereocenters. The first-order valence-electron chi connectivity index (χ1n) is 9.45. The van der Waals surface area contributed by atoms with E-state index in [0.29, 0.717) is 24.4 Å². The van der Waals surface area contributed by atoms with Crippen LogP contribution in [0.25, 0.3) is 10.9 Å². The number of para-hydroxylation sites is 1. The summed E-state index contributed by atoms with van der Waals surface area (Å²) < 4.78 is 16.5. The third-order valence-electron chi connectivity index (χ3n) is 4.71. The van der Waals surface area contributed by atoms with E-state index in [0.717, 1.165) is 42.3 Å². The van der Waals surface area contributed by atoms with E-state index >= 15 is 0 Å². The van der Waals surface area contributed by atoms with Gasteiger partial charge in [-0.15, -0.1) is 0 Å². The number of hydrogen-bond donors (Lipinski definition) is 1. The lowest BCUT2D eigenvalue weighted by Gasteiger charge is -2.20. The minimum Gasteiger partial charge on any atom is -0.493 e. The molecule has 7 heteroatoms. The molecule has 0 saturated heterocycles. The van der Waals surface area contributed by atoms with Crippen LogP contribution >= 0.6 is 0 Å². The maximum Gasteiger partial charge on any atom is 0.258 e. The molecule has 2 aromatic carbocycles. The van der Waals surface area contributed by atoms with Crippen LogP contribution in [0.3, 0.4) is 0 Å². The first-order valence-corrected chi connectivity index (χ1v) is 9.45. The van der Waals surface area contributed by atoms with Crippen LogP contribution in [0.15, 0.2) is 47.3 Å². The van der Waals surface area contributed by atoms with Crippen LogP contribution < -0.4 is 19.8 Å². The van der Waals surface area contributed by atoms with E-state index in [-0.39, 0.29) is 12.4 Å². The number of rotatable bonds is 8.